The van der Waals surface area contributed by atoms with Gasteiger partial charge < -0.3 is 0 Å². The minimum atomic E-state index is 0.897. The molecule has 0 aliphatic heterocycles. The van der Waals surface area contributed by atoms with Gasteiger partial charge in [-0.05, 0) is 54.4 Å². The molecule has 0 saturated heterocycles. The lowest BCUT2D eigenvalue weighted by atomic mass is 9.85. The van der Waals surface area contributed by atoms with E-state index >= 15 is 0 Å². The normalized spacial score (nSPS) is 15.2. The summed E-state index contributed by atoms with van der Waals surface area (Å²) in [7, 11) is 1.81. The quantitative estimate of drug-likeness (QED) is 0.262. The molecule has 1 fully saturated rings. The van der Waals surface area contributed by atoms with Gasteiger partial charge in [0.15, 0.2) is 0 Å². The molecule has 1 saturated carbocycles. The molecule has 0 unspecified atom stereocenters. The second-order valence-electron chi connectivity index (χ2n) is 8.92. The van der Waals surface area contributed by atoms with Gasteiger partial charge >= 0.3 is 0 Å². The number of rotatable bonds is 11. The van der Waals surface area contributed by atoms with Gasteiger partial charge in [-0.3, -0.25) is 9.98 Å². The largest absolute Gasteiger partial charge is 0.296 e. The predicted octanol–water partition coefficient (Wildman–Crippen LogP) is 8.26. The molecule has 1 aliphatic carbocycles. The standard InChI is InChI=1S/C30H38N2/c1-4-12-26(23-31-3)20-19-24(2)28-21-22-29(27-16-9-6-10-17-27)32-30(28)18-11-15-25-13-7-5-8-14-25/h4,6,9-10,12,16-17,21-23,25H,1-2,5,7-8,11,13-15,18-20H2,3H3/b26-12-,31-23?. The van der Waals surface area contributed by atoms with Crippen LogP contribution in [0.2, 0.25) is 0 Å². The van der Waals surface area contributed by atoms with E-state index in [9.17, 15) is 0 Å². The smallest absolute Gasteiger partial charge is 0.0705 e. The molecule has 3 rings (SSSR count). The number of benzene rings is 1. The summed E-state index contributed by atoms with van der Waals surface area (Å²) in [6, 6.07) is 14.9. The Balaban J connectivity index is 1.75. The van der Waals surface area contributed by atoms with Crippen LogP contribution in [-0.2, 0) is 6.42 Å². The number of allylic oxidation sites excluding steroid dienone is 4. The fourth-order valence-corrected chi connectivity index (χ4v) is 4.76. The van der Waals surface area contributed by atoms with Crippen LogP contribution in [0.4, 0.5) is 0 Å². The Labute approximate surface area is 194 Å². The van der Waals surface area contributed by atoms with Crippen molar-refractivity contribution in [2.24, 2.45) is 10.9 Å². The van der Waals surface area contributed by atoms with Crippen LogP contribution >= 0.6 is 0 Å². The molecule has 1 aliphatic rings. The van der Waals surface area contributed by atoms with Crippen molar-refractivity contribution in [2.75, 3.05) is 7.05 Å². The predicted molar refractivity (Wildman–Crippen MR) is 140 cm³/mol. The molecule has 0 bridgehead atoms. The molecule has 168 valence electrons. The SMILES string of the molecule is C=C/C=C(\C=NC)CCC(=C)c1ccc(-c2ccccc2)nc1CCCC1CCCCC1. The molecule has 0 amide bonds. The van der Waals surface area contributed by atoms with E-state index in [0.717, 1.165) is 36.4 Å². The van der Waals surface area contributed by atoms with E-state index in [1.54, 1.807) is 0 Å². The van der Waals surface area contributed by atoms with Crippen LogP contribution in [0.25, 0.3) is 16.8 Å². The van der Waals surface area contributed by atoms with Crippen LogP contribution in [0.15, 0.2) is 78.3 Å². The number of hydrogen-bond donors (Lipinski definition) is 0. The minimum Gasteiger partial charge on any atom is -0.296 e. The first kappa shape index (κ1) is 23.9. The minimum absolute atomic E-state index is 0.897. The van der Waals surface area contributed by atoms with Crippen molar-refractivity contribution in [1.29, 1.82) is 0 Å². The average molecular weight is 427 g/mol. The molecule has 0 atom stereocenters. The summed E-state index contributed by atoms with van der Waals surface area (Å²) in [4.78, 5) is 9.30. The molecule has 1 aromatic carbocycles. The van der Waals surface area contributed by atoms with Crippen molar-refractivity contribution in [1.82, 2.24) is 4.98 Å². The second kappa shape index (κ2) is 13.0. The van der Waals surface area contributed by atoms with Crippen LogP contribution in [0.5, 0.6) is 0 Å². The molecule has 0 spiro atoms. The molecular weight excluding hydrogens is 388 g/mol. The lowest BCUT2D eigenvalue weighted by Gasteiger charge is -2.21. The van der Waals surface area contributed by atoms with Gasteiger partial charge in [0.1, 0.15) is 0 Å². The number of aromatic nitrogens is 1. The number of aryl methyl sites for hydroxylation is 1. The molecule has 2 aromatic rings. The highest BCUT2D eigenvalue weighted by molar-refractivity contribution is 5.79. The molecule has 2 heteroatoms. The third-order valence-electron chi connectivity index (χ3n) is 6.52. The zero-order chi connectivity index (χ0) is 22.6. The van der Waals surface area contributed by atoms with Crippen molar-refractivity contribution in [3.05, 3.63) is 84.6 Å². The highest BCUT2D eigenvalue weighted by Crippen LogP contribution is 2.30. The van der Waals surface area contributed by atoms with Gasteiger partial charge in [0.05, 0.1) is 5.69 Å². The van der Waals surface area contributed by atoms with Crippen molar-refractivity contribution in [3.8, 4) is 11.3 Å². The Kier molecular flexibility index (Phi) is 9.68. The van der Waals surface area contributed by atoms with Crippen LogP contribution in [-0.4, -0.2) is 18.2 Å². The van der Waals surface area contributed by atoms with E-state index in [2.05, 4.69) is 60.6 Å². The summed E-state index contributed by atoms with van der Waals surface area (Å²) >= 11 is 0. The number of pyridine rings is 1. The Hall–Kier alpha value is -2.74. The van der Waals surface area contributed by atoms with Crippen LogP contribution in [0.1, 0.15) is 69.0 Å². The Morgan fingerprint density at radius 2 is 1.84 bits per heavy atom. The van der Waals surface area contributed by atoms with Crippen molar-refractivity contribution < 1.29 is 0 Å². The third-order valence-corrected chi connectivity index (χ3v) is 6.52. The summed E-state index contributed by atoms with van der Waals surface area (Å²) in [6.07, 6.45) is 18.2. The Bertz CT molecular complexity index is 931. The van der Waals surface area contributed by atoms with Gasteiger partial charge in [0.2, 0.25) is 0 Å². The number of nitrogens with zero attached hydrogens (tertiary/aromatic N) is 2. The first-order chi connectivity index (χ1) is 15.7. The number of hydrogen-bond acceptors (Lipinski definition) is 2. The lowest BCUT2D eigenvalue weighted by Crippen LogP contribution is -2.07. The summed E-state index contributed by atoms with van der Waals surface area (Å²) in [5.41, 5.74) is 6.99. The monoisotopic (exact) mass is 426 g/mol. The Morgan fingerprint density at radius 3 is 2.56 bits per heavy atom. The highest BCUT2D eigenvalue weighted by Gasteiger charge is 2.15. The van der Waals surface area contributed by atoms with E-state index in [0.29, 0.717) is 0 Å². The third kappa shape index (κ3) is 7.15. The summed E-state index contributed by atoms with van der Waals surface area (Å²) in [5.74, 6) is 0.910. The average Bonchev–Trinajstić information content (AvgIpc) is 2.84. The molecule has 1 aromatic heterocycles. The zero-order valence-electron chi connectivity index (χ0n) is 19.7. The zero-order valence-corrected chi connectivity index (χ0v) is 19.7. The van der Waals surface area contributed by atoms with Crippen LogP contribution in [0, 0.1) is 5.92 Å². The lowest BCUT2D eigenvalue weighted by molar-refractivity contribution is 0.332. The summed E-state index contributed by atoms with van der Waals surface area (Å²) in [6.45, 7) is 8.26. The summed E-state index contributed by atoms with van der Waals surface area (Å²) < 4.78 is 0. The molecule has 0 N–H and O–H groups in total. The Morgan fingerprint density at radius 1 is 1.06 bits per heavy atom. The van der Waals surface area contributed by atoms with Gasteiger partial charge in [-0.15, -0.1) is 0 Å². The fraction of sp³-hybridized carbons (Fsp3) is 0.400. The second-order valence-corrected chi connectivity index (χ2v) is 8.92. The number of aliphatic imine (C=N–C) groups is 1. The van der Waals surface area contributed by atoms with Crippen LogP contribution in [0.3, 0.4) is 0 Å². The summed E-state index contributed by atoms with van der Waals surface area (Å²) in [5, 5.41) is 0. The molecule has 2 nitrogen and oxygen atoms in total. The van der Waals surface area contributed by atoms with Crippen LogP contribution < -0.4 is 0 Å². The maximum atomic E-state index is 5.13. The van der Waals surface area contributed by atoms with E-state index in [4.69, 9.17) is 4.98 Å². The van der Waals surface area contributed by atoms with Gasteiger partial charge in [-0.25, -0.2) is 0 Å². The highest BCUT2D eigenvalue weighted by atomic mass is 14.7. The van der Waals surface area contributed by atoms with E-state index in [1.807, 2.05) is 25.4 Å². The first-order valence-corrected chi connectivity index (χ1v) is 12.2. The van der Waals surface area contributed by atoms with Crippen molar-refractivity contribution in [3.63, 3.8) is 0 Å². The topological polar surface area (TPSA) is 25.2 Å². The van der Waals surface area contributed by atoms with E-state index in [1.165, 1.54) is 67.3 Å². The molecular formula is C30H38N2. The fourth-order valence-electron chi connectivity index (χ4n) is 4.76. The van der Waals surface area contributed by atoms with Gasteiger partial charge in [0, 0.05) is 24.5 Å². The maximum Gasteiger partial charge on any atom is 0.0705 e. The first-order valence-electron chi connectivity index (χ1n) is 12.2. The van der Waals surface area contributed by atoms with Gasteiger partial charge in [-0.1, -0.05) is 100 Å². The van der Waals surface area contributed by atoms with E-state index in [-0.39, 0.29) is 0 Å². The van der Waals surface area contributed by atoms with Crippen molar-refractivity contribution in [2.45, 2.75) is 64.2 Å². The van der Waals surface area contributed by atoms with Gasteiger partial charge in [-0.2, -0.15) is 0 Å². The molecule has 0 radical (unpaired) electrons. The van der Waals surface area contributed by atoms with Crippen molar-refractivity contribution >= 4 is 11.8 Å². The molecule has 32 heavy (non-hydrogen) atoms. The van der Waals surface area contributed by atoms with E-state index < -0.39 is 0 Å². The van der Waals surface area contributed by atoms with Gasteiger partial charge in [0.25, 0.3) is 0 Å². The molecule has 1 heterocycles. The maximum absolute atomic E-state index is 5.13.